The second-order valence-electron chi connectivity index (χ2n) is 9.12. The number of aromatic nitrogens is 1. The molecule has 2 amide bonds. The van der Waals surface area contributed by atoms with Gasteiger partial charge in [0.1, 0.15) is 23.8 Å². The molecule has 15 nitrogen and oxygen atoms in total. The SMILES string of the molecule is C[C@@H]1CCO[C@H]2Cn3cc(C(=O)NCc4ccc(F)cc4F)c(=O)c(OCOC(=O)OCCOP(=O)(O)O)c3C(=O)N12.Cl. The Morgan fingerprint density at radius 1 is 1.19 bits per heavy atom. The first-order valence-electron chi connectivity index (χ1n) is 12.4. The van der Waals surface area contributed by atoms with Crippen molar-refractivity contribution in [3.05, 3.63) is 63.1 Å². The summed E-state index contributed by atoms with van der Waals surface area (Å²) in [5, 5.41) is 2.37. The van der Waals surface area contributed by atoms with Crippen LogP contribution in [0.4, 0.5) is 13.6 Å². The number of halogens is 3. The van der Waals surface area contributed by atoms with Gasteiger partial charge in [0, 0.05) is 30.4 Å². The number of hydrogen-bond donors (Lipinski definition) is 3. The van der Waals surface area contributed by atoms with Gasteiger partial charge in [0.15, 0.2) is 11.9 Å². The minimum Gasteiger partial charge on any atom is -0.451 e. The van der Waals surface area contributed by atoms with E-state index in [2.05, 4.69) is 14.6 Å². The molecule has 2 atom stereocenters. The Bertz CT molecular complexity index is 1490. The molecule has 3 N–H and O–H groups in total. The first-order chi connectivity index (χ1) is 19.9. The van der Waals surface area contributed by atoms with Crippen molar-refractivity contribution in [2.24, 2.45) is 0 Å². The van der Waals surface area contributed by atoms with Crippen LogP contribution in [-0.2, 0) is 36.4 Å². The first-order valence-corrected chi connectivity index (χ1v) is 13.9. The minimum atomic E-state index is -4.77. The average Bonchev–Trinajstić information content (AvgIpc) is 2.91. The van der Waals surface area contributed by atoms with Gasteiger partial charge >= 0.3 is 14.0 Å². The molecule has 1 fully saturated rings. The van der Waals surface area contributed by atoms with E-state index in [0.717, 1.165) is 18.3 Å². The Hall–Kier alpha value is -3.60. The maximum Gasteiger partial charge on any atom is 0.511 e. The lowest BCUT2D eigenvalue weighted by atomic mass is 10.1. The maximum absolute atomic E-state index is 14.0. The standard InChI is InChI=1S/C24H26F2N3O12P.ClH/c1-13-4-5-37-18-11-28-10-16(22(31)27-9-14-2-3-15(25)8-17(14)26)20(30)21(19(28)23(32)29(13)18)39-12-40-24(33)38-6-7-41-42(34,35)36;/h2-3,8,10,13,18H,4-7,9,11-12H2,1H3,(H,27,31)(H2,34,35,36);1H/t13-,18+;/m1./s1. The molecular formula is C24H27ClF2N3O12P. The molecule has 2 aliphatic heterocycles. The highest BCUT2D eigenvalue weighted by molar-refractivity contribution is 7.46. The van der Waals surface area contributed by atoms with Crippen molar-refractivity contribution in [3.63, 3.8) is 0 Å². The van der Waals surface area contributed by atoms with E-state index in [0.29, 0.717) is 19.1 Å². The molecule has 0 radical (unpaired) electrons. The summed E-state index contributed by atoms with van der Waals surface area (Å²) in [5.41, 5.74) is -1.81. The summed E-state index contributed by atoms with van der Waals surface area (Å²) in [7, 11) is -4.77. The molecule has 3 heterocycles. The van der Waals surface area contributed by atoms with Gasteiger partial charge in [0.2, 0.25) is 18.0 Å². The van der Waals surface area contributed by atoms with Gasteiger partial charge in [-0.2, -0.15) is 0 Å². The zero-order valence-electron chi connectivity index (χ0n) is 22.4. The van der Waals surface area contributed by atoms with E-state index in [4.69, 9.17) is 24.0 Å². The second kappa shape index (κ2) is 14.2. The summed E-state index contributed by atoms with van der Waals surface area (Å²) in [6.45, 7) is -0.363. The van der Waals surface area contributed by atoms with Crippen molar-refractivity contribution >= 4 is 38.2 Å². The molecule has 1 saturated heterocycles. The van der Waals surface area contributed by atoms with E-state index in [1.54, 1.807) is 6.92 Å². The monoisotopic (exact) mass is 653 g/mol. The largest absolute Gasteiger partial charge is 0.511 e. The first kappa shape index (κ1) is 33.9. The molecule has 0 bridgehead atoms. The molecule has 236 valence electrons. The summed E-state index contributed by atoms with van der Waals surface area (Å²) in [5.74, 6) is -3.93. The number of carbonyl (C=O) groups excluding carboxylic acids is 3. The number of fused-ring (bicyclic) bond motifs is 2. The summed E-state index contributed by atoms with van der Waals surface area (Å²) in [6, 6.07) is 2.52. The van der Waals surface area contributed by atoms with E-state index < -0.39 is 80.4 Å². The normalized spacial score (nSPS) is 17.7. The quantitative estimate of drug-likeness (QED) is 0.146. The lowest BCUT2D eigenvalue weighted by molar-refractivity contribution is -0.112. The molecule has 0 aliphatic carbocycles. The molecule has 2 aromatic rings. The highest BCUT2D eigenvalue weighted by Gasteiger charge is 2.41. The third-order valence-corrected chi connectivity index (χ3v) is 6.82. The Morgan fingerprint density at radius 3 is 2.63 bits per heavy atom. The van der Waals surface area contributed by atoms with Gasteiger partial charge in [0.25, 0.3) is 11.8 Å². The number of rotatable bonds is 10. The smallest absolute Gasteiger partial charge is 0.451 e. The zero-order chi connectivity index (χ0) is 30.6. The molecule has 2 aliphatic rings. The van der Waals surface area contributed by atoms with Crippen LogP contribution in [0.5, 0.6) is 5.75 Å². The number of amides is 2. The number of ether oxygens (including phenoxy) is 4. The average molecular weight is 654 g/mol. The maximum atomic E-state index is 14.0. The predicted molar refractivity (Wildman–Crippen MR) is 141 cm³/mol. The van der Waals surface area contributed by atoms with Gasteiger partial charge in [-0.25, -0.2) is 18.1 Å². The van der Waals surface area contributed by atoms with E-state index in [-0.39, 0.29) is 42.8 Å². The van der Waals surface area contributed by atoms with Gasteiger partial charge in [-0.3, -0.25) is 18.9 Å². The van der Waals surface area contributed by atoms with Crippen molar-refractivity contribution in [2.45, 2.75) is 38.7 Å². The Balaban J connectivity index is 0.00000506. The number of pyridine rings is 1. The fraction of sp³-hybridized carbons (Fsp3) is 0.417. The van der Waals surface area contributed by atoms with Crippen molar-refractivity contribution in [3.8, 4) is 5.75 Å². The van der Waals surface area contributed by atoms with Crippen LogP contribution in [-0.4, -0.2) is 76.1 Å². The van der Waals surface area contributed by atoms with Crippen LogP contribution < -0.4 is 15.5 Å². The summed E-state index contributed by atoms with van der Waals surface area (Å²) in [6.07, 6.45) is -0.383. The number of benzene rings is 1. The molecular weight excluding hydrogens is 627 g/mol. The number of phosphoric ester groups is 1. The Labute approximate surface area is 248 Å². The van der Waals surface area contributed by atoms with Gasteiger partial charge in [-0.05, 0) is 19.4 Å². The second-order valence-corrected chi connectivity index (χ2v) is 10.4. The fourth-order valence-electron chi connectivity index (χ4n) is 4.33. The van der Waals surface area contributed by atoms with Crippen LogP contribution in [0.15, 0.2) is 29.2 Å². The number of phosphoric acid groups is 1. The molecule has 43 heavy (non-hydrogen) atoms. The van der Waals surface area contributed by atoms with Crippen LogP contribution in [0.1, 0.15) is 39.8 Å². The topological polar surface area (TPSA) is 192 Å². The van der Waals surface area contributed by atoms with E-state index >= 15 is 0 Å². The lowest BCUT2D eigenvalue weighted by Gasteiger charge is -2.44. The van der Waals surface area contributed by atoms with Gasteiger partial charge in [-0.15, -0.1) is 12.4 Å². The number of nitrogens with zero attached hydrogens (tertiary/aromatic N) is 2. The van der Waals surface area contributed by atoms with Gasteiger partial charge in [0.05, 0.1) is 19.8 Å². The fourth-order valence-corrected chi connectivity index (χ4v) is 4.65. The molecule has 4 rings (SSSR count). The van der Waals surface area contributed by atoms with Crippen LogP contribution in [0.25, 0.3) is 0 Å². The predicted octanol–water partition coefficient (Wildman–Crippen LogP) is 1.67. The van der Waals surface area contributed by atoms with Gasteiger partial charge in [-0.1, -0.05) is 6.07 Å². The molecule has 0 spiro atoms. The van der Waals surface area contributed by atoms with Crippen molar-refractivity contribution in [1.29, 1.82) is 0 Å². The summed E-state index contributed by atoms with van der Waals surface area (Å²) < 4.78 is 63.7. The van der Waals surface area contributed by atoms with Crippen LogP contribution in [0, 0.1) is 11.6 Å². The third-order valence-electron chi connectivity index (χ3n) is 6.30. The van der Waals surface area contributed by atoms with Crippen molar-refractivity contribution in [1.82, 2.24) is 14.8 Å². The number of nitrogens with one attached hydrogen (secondary N) is 1. The molecule has 0 unspecified atom stereocenters. The molecule has 1 aromatic heterocycles. The van der Waals surface area contributed by atoms with Crippen LogP contribution in [0.3, 0.4) is 0 Å². The highest BCUT2D eigenvalue weighted by Crippen LogP contribution is 2.35. The summed E-state index contributed by atoms with van der Waals surface area (Å²) >= 11 is 0. The van der Waals surface area contributed by atoms with E-state index in [1.165, 1.54) is 9.47 Å². The lowest BCUT2D eigenvalue weighted by Crippen LogP contribution is -2.57. The zero-order valence-corrected chi connectivity index (χ0v) is 24.1. The van der Waals surface area contributed by atoms with Crippen LogP contribution in [0.2, 0.25) is 0 Å². The van der Waals surface area contributed by atoms with E-state index in [9.17, 15) is 32.5 Å². The Morgan fingerprint density at radius 2 is 1.93 bits per heavy atom. The molecule has 0 saturated carbocycles. The molecule has 19 heteroatoms. The number of carbonyl (C=O) groups is 3. The van der Waals surface area contributed by atoms with Gasteiger partial charge < -0.3 is 43.5 Å². The highest BCUT2D eigenvalue weighted by atomic mass is 35.5. The molecule has 1 aromatic carbocycles. The third kappa shape index (κ3) is 8.28. The van der Waals surface area contributed by atoms with Crippen LogP contribution >= 0.6 is 20.2 Å². The summed E-state index contributed by atoms with van der Waals surface area (Å²) in [4.78, 5) is 70.3. The van der Waals surface area contributed by atoms with Crippen molar-refractivity contribution in [2.75, 3.05) is 26.6 Å². The Kier molecular flexibility index (Phi) is 11.2. The minimum absolute atomic E-state index is 0. The van der Waals surface area contributed by atoms with Crippen molar-refractivity contribution < 1.29 is 61.0 Å². The van der Waals surface area contributed by atoms with E-state index in [1.807, 2.05) is 0 Å². The number of hydrogen-bond acceptors (Lipinski definition) is 10.